The van der Waals surface area contributed by atoms with E-state index in [0.29, 0.717) is 12.8 Å². The van der Waals surface area contributed by atoms with E-state index in [1.54, 1.807) is 0 Å². The molecule has 3 rings (SSSR count). The Kier molecular flexibility index (Phi) is 2.03. The molecule has 1 heterocycles. The minimum absolute atomic E-state index is 0.208. The lowest BCUT2D eigenvalue weighted by Gasteiger charge is -2.34. The van der Waals surface area contributed by atoms with E-state index < -0.39 is 11.2 Å². The molecule has 0 aromatic carbocycles. The highest BCUT2D eigenvalue weighted by Gasteiger charge is 2.58. The molecular formula is C12H16O4. The fraction of sp³-hybridized carbons (Fsp3) is 0.833. The van der Waals surface area contributed by atoms with Gasteiger partial charge in [0.15, 0.2) is 0 Å². The molecule has 16 heavy (non-hydrogen) atoms. The van der Waals surface area contributed by atoms with Crippen LogP contribution in [-0.4, -0.2) is 17.7 Å². The van der Waals surface area contributed by atoms with Gasteiger partial charge in [-0.1, -0.05) is 6.42 Å². The Bertz CT molecular complexity index is 337. The van der Waals surface area contributed by atoms with Crippen LogP contribution in [0.15, 0.2) is 0 Å². The molecule has 0 aromatic rings. The molecule has 1 saturated heterocycles. The number of carbonyl (C=O) groups is 2. The maximum atomic E-state index is 12.0. The van der Waals surface area contributed by atoms with Gasteiger partial charge in [-0.2, -0.15) is 0 Å². The van der Waals surface area contributed by atoms with Gasteiger partial charge >= 0.3 is 11.9 Å². The van der Waals surface area contributed by atoms with Crippen molar-refractivity contribution < 1.29 is 19.1 Å². The third-order valence-corrected chi connectivity index (χ3v) is 3.96. The van der Waals surface area contributed by atoms with Crippen LogP contribution in [-0.2, 0) is 19.1 Å². The van der Waals surface area contributed by atoms with Crippen molar-refractivity contribution in [3.8, 4) is 0 Å². The highest BCUT2D eigenvalue weighted by Crippen LogP contribution is 2.53. The Morgan fingerprint density at radius 2 is 1.56 bits per heavy atom. The van der Waals surface area contributed by atoms with Crippen LogP contribution in [0, 0.1) is 5.41 Å². The molecule has 2 spiro atoms. The third kappa shape index (κ3) is 1.51. The molecule has 0 atom stereocenters. The van der Waals surface area contributed by atoms with Crippen molar-refractivity contribution in [1.29, 1.82) is 0 Å². The van der Waals surface area contributed by atoms with E-state index in [2.05, 4.69) is 0 Å². The zero-order chi connectivity index (χ0) is 11.2. The van der Waals surface area contributed by atoms with Gasteiger partial charge < -0.3 is 9.47 Å². The van der Waals surface area contributed by atoms with Crippen LogP contribution in [0.3, 0.4) is 0 Å². The maximum Gasteiger partial charge on any atom is 0.315 e. The van der Waals surface area contributed by atoms with Crippen LogP contribution in [0.25, 0.3) is 0 Å². The van der Waals surface area contributed by atoms with Crippen molar-refractivity contribution in [2.75, 3.05) is 0 Å². The van der Waals surface area contributed by atoms with Gasteiger partial charge in [0.1, 0.15) is 0 Å². The van der Waals surface area contributed by atoms with Gasteiger partial charge in [-0.3, -0.25) is 9.59 Å². The zero-order valence-corrected chi connectivity index (χ0v) is 9.29. The standard InChI is InChI=1S/C12H16O4/c13-9-8-11(6-7-11)10(14)16-12(15-9)4-2-1-3-5-12/h1-8H2. The average molecular weight is 224 g/mol. The van der Waals surface area contributed by atoms with Gasteiger partial charge in [-0.25, -0.2) is 0 Å². The van der Waals surface area contributed by atoms with Crippen LogP contribution in [0.5, 0.6) is 0 Å². The van der Waals surface area contributed by atoms with Crippen molar-refractivity contribution in [2.24, 2.45) is 5.41 Å². The topological polar surface area (TPSA) is 52.6 Å². The van der Waals surface area contributed by atoms with Crippen molar-refractivity contribution in [1.82, 2.24) is 0 Å². The van der Waals surface area contributed by atoms with Gasteiger partial charge in [0.05, 0.1) is 11.8 Å². The molecule has 0 unspecified atom stereocenters. The van der Waals surface area contributed by atoms with Crippen molar-refractivity contribution in [3.63, 3.8) is 0 Å². The Balaban J connectivity index is 1.85. The summed E-state index contributed by atoms with van der Waals surface area (Å²) in [7, 11) is 0. The molecule has 0 bridgehead atoms. The van der Waals surface area contributed by atoms with Crippen LogP contribution >= 0.6 is 0 Å². The molecular weight excluding hydrogens is 208 g/mol. The fourth-order valence-corrected chi connectivity index (χ4v) is 2.72. The Morgan fingerprint density at radius 3 is 2.19 bits per heavy atom. The number of carbonyl (C=O) groups excluding carboxylic acids is 2. The second-order valence-corrected chi connectivity index (χ2v) is 5.29. The zero-order valence-electron chi connectivity index (χ0n) is 9.29. The normalized spacial score (nSPS) is 30.8. The predicted octanol–water partition coefficient (Wildman–Crippen LogP) is 1.92. The van der Waals surface area contributed by atoms with Gasteiger partial charge in [-0.05, 0) is 25.7 Å². The molecule has 88 valence electrons. The summed E-state index contributed by atoms with van der Waals surface area (Å²) in [6, 6.07) is 0. The SMILES string of the molecule is O=C1CC2(CC2)C(=O)OC2(CCCCC2)O1. The second kappa shape index (κ2) is 3.22. The first-order valence-electron chi connectivity index (χ1n) is 6.10. The minimum atomic E-state index is -0.918. The minimum Gasteiger partial charge on any atom is -0.422 e. The Morgan fingerprint density at radius 1 is 0.875 bits per heavy atom. The molecule has 4 heteroatoms. The third-order valence-electron chi connectivity index (χ3n) is 3.96. The van der Waals surface area contributed by atoms with E-state index in [0.717, 1.165) is 32.1 Å². The van der Waals surface area contributed by atoms with Crippen molar-refractivity contribution in [3.05, 3.63) is 0 Å². The predicted molar refractivity (Wildman–Crippen MR) is 54.3 cm³/mol. The largest absolute Gasteiger partial charge is 0.422 e. The molecule has 3 aliphatic rings. The molecule has 0 aromatic heterocycles. The molecule has 4 nitrogen and oxygen atoms in total. The summed E-state index contributed by atoms with van der Waals surface area (Å²) < 4.78 is 10.9. The number of esters is 2. The Labute approximate surface area is 94.3 Å². The van der Waals surface area contributed by atoms with E-state index >= 15 is 0 Å². The van der Waals surface area contributed by atoms with Gasteiger partial charge in [-0.15, -0.1) is 0 Å². The number of ether oxygens (including phenoxy) is 2. The van der Waals surface area contributed by atoms with Gasteiger partial charge in [0, 0.05) is 12.8 Å². The van der Waals surface area contributed by atoms with Gasteiger partial charge in [0.2, 0.25) is 0 Å². The van der Waals surface area contributed by atoms with E-state index in [1.165, 1.54) is 0 Å². The maximum absolute atomic E-state index is 12.0. The van der Waals surface area contributed by atoms with E-state index in [9.17, 15) is 9.59 Å². The molecule has 0 radical (unpaired) electrons. The second-order valence-electron chi connectivity index (χ2n) is 5.29. The lowest BCUT2D eigenvalue weighted by atomic mass is 9.94. The van der Waals surface area contributed by atoms with Crippen LogP contribution in [0.2, 0.25) is 0 Å². The number of hydrogen-bond acceptors (Lipinski definition) is 4. The summed E-state index contributed by atoms with van der Waals surface area (Å²) in [6.07, 6.45) is 6.16. The molecule has 0 amide bonds. The molecule has 2 aliphatic carbocycles. The first-order chi connectivity index (χ1) is 7.64. The number of rotatable bonds is 0. The summed E-state index contributed by atoms with van der Waals surface area (Å²) in [4.78, 5) is 23.7. The van der Waals surface area contributed by atoms with E-state index in [4.69, 9.17) is 9.47 Å². The first-order valence-corrected chi connectivity index (χ1v) is 6.10. The average Bonchev–Trinajstić information content (AvgIpc) is 2.99. The van der Waals surface area contributed by atoms with Crippen molar-refractivity contribution in [2.45, 2.75) is 57.2 Å². The summed E-state index contributed by atoms with van der Waals surface area (Å²) in [5.41, 5.74) is -0.516. The molecule has 1 aliphatic heterocycles. The Hall–Kier alpha value is -1.06. The lowest BCUT2D eigenvalue weighted by molar-refractivity contribution is -0.233. The van der Waals surface area contributed by atoms with E-state index in [-0.39, 0.29) is 18.4 Å². The molecule has 0 N–H and O–H groups in total. The first kappa shape index (κ1) is 10.1. The smallest absolute Gasteiger partial charge is 0.315 e. The van der Waals surface area contributed by atoms with E-state index in [1.807, 2.05) is 0 Å². The quantitative estimate of drug-likeness (QED) is 0.590. The van der Waals surface area contributed by atoms with Crippen LogP contribution < -0.4 is 0 Å². The van der Waals surface area contributed by atoms with Crippen molar-refractivity contribution >= 4 is 11.9 Å². The number of hydrogen-bond donors (Lipinski definition) is 0. The fourth-order valence-electron chi connectivity index (χ4n) is 2.72. The van der Waals surface area contributed by atoms with Gasteiger partial charge in [0.25, 0.3) is 5.79 Å². The lowest BCUT2D eigenvalue weighted by Crippen LogP contribution is -2.40. The summed E-state index contributed by atoms with van der Waals surface area (Å²) >= 11 is 0. The highest BCUT2D eigenvalue weighted by molar-refractivity contribution is 5.87. The monoisotopic (exact) mass is 224 g/mol. The summed E-state index contributed by atoms with van der Waals surface area (Å²) in [6.45, 7) is 0. The van der Waals surface area contributed by atoms with Crippen LogP contribution in [0.4, 0.5) is 0 Å². The summed E-state index contributed by atoms with van der Waals surface area (Å²) in [5, 5.41) is 0. The molecule has 3 fully saturated rings. The highest BCUT2D eigenvalue weighted by atomic mass is 16.7. The van der Waals surface area contributed by atoms with Crippen LogP contribution in [0.1, 0.15) is 51.4 Å². The molecule has 2 saturated carbocycles. The summed E-state index contributed by atoms with van der Waals surface area (Å²) in [5.74, 6) is -1.39.